The second kappa shape index (κ2) is 5.81. The summed E-state index contributed by atoms with van der Waals surface area (Å²) in [5.41, 5.74) is 0.128. The Morgan fingerprint density at radius 2 is 2.11 bits per heavy atom. The highest BCUT2D eigenvalue weighted by molar-refractivity contribution is 7.92. The monoisotopic (exact) mass is 274 g/mol. The van der Waals surface area contributed by atoms with Crippen LogP contribution in [0.1, 0.15) is 6.92 Å². The standard InChI is InChI=1S/C11H15FN2O3S/c1-3-13-11(15)8-14(18(2,16)17)10-6-4-5-9(12)7-10/h4-7H,3,8H2,1-2H3,(H,13,15). The third kappa shape index (κ3) is 3.99. The number of benzene rings is 1. The number of nitrogens with one attached hydrogen (secondary N) is 1. The van der Waals surface area contributed by atoms with Crippen molar-refractivity contribution in [3.63, 3.8) is 0 Å². The summed E-state index contributed by atoms with van der Waals surface area (Å²) >= 11 is 0. The van der Waals surface area contributed by atoms with Gasteiger partial charge in [0, 0.05) is 6.54 Å². The van der Waals surface area contributed by atoms with Gasteiger partial charge in [-0.15, -0.1) is 0 Å². The largest absolute Gasteiger partial charge is 0.355 e. The molecule has 1 N–H and O–H groups in total. The van der Waals surface area contributed by atoms with Crippen LogP contribution in [0.15, 0.2) is 24.3 Å². The lowest BCUT2D eigenvalue weighted by atomic mass is 10.3. The molecule has 0 radical (unpaired) electrons. The zero-order valence-electron chi connectivity index (χ0n) is 10.2. The predicted octanol–water partition coefficient (Wildman–Crippen LogP) is 0.728. The molecule has 5 nitrogen and oxygen atoms in total. The van der Waals surface area contributed by atoms with E-state index in [0.29, 0.717) is 6.54 Å². The second-order valence-corrected chi connectivity index (χ2v) is 5.61. The van der Waals surface area contributed by atoms with Gasteiger partial charge in [0.15, 0.2) is 0 Å². The van der Waals surface area contributed by atoms with Gasteiger partial charge in [0.25, 0.3) is 0 Å². The van der Waals surface area contributed by atoms with E-state index in [1.165, 1.54) is 18.2 Å². The molecule has 0 aliphatic heterocycles. The Hall–Kier alpha value is -1.63. The molecule has 100 valence electrons. The van der Waals surface area contributed by atoms with Crippen LogP contribution in [-0.4, -0.2) is 33.7 Å². The average Bonchev–Trinajstić information content (AvgIpc) is 2.24. The Labute approximate surface area is 106 Å². The molecule has 1 aromatic carbocycles. The molecule has 0 bridgehead atoms. The van der Waals surface area contributed by atoms with Crippen molar-refractivity contribution < 1.29 is 17.6 Å². The number of amides is 1. The predicted molar refractivity (Wildman–Crippen MR) is 67.3 cm³/mol. The molecule has 0 saturated heterocycles. The quantitative estimate of drug-likeness (QED) is 0.860. The minimum absolute atomic E-state index is 0.128. The van der Waals surface area contributed by atoms with Gasteiger partial charge in [0.05, 0.1) is 11.9 Å². The first-order valence-electron chi connectivity index (χ1n) is 5.34. The maximum Gasteiger partial charge on any atom is 0.240 e. The number of sulfonamides is 1. The van der Waals surface area contributed by atoms with Gasteiger partial charge in [-0.05, 0) is 25.1 Å². The van der Waals surface area contributed by atoms with Gasteiger partial charge >= 0.3 is 0 Å². The Morgan fingerprint density at radius 3 is 2.61 bits per heavy atom. The van der Waals surface area contributed by atoms with Crippen LogP contribution in [0.4, 0.5) is 10.1 Å². The average molecular weight is 274 g/mol. The Balaban J connectivity index is 3.04. The van der Waals surface area contributed by atoms with E-state index < -0.39 is 21.7 Å². The van der Waals surface area contributed by atoms with Crippen molar-refractivity contribution in [2.24, 2.45) is 0 Å². The fourth-order valence-corrected chi connectivity index (χ4v) is 2.26. The van der Waals surface area contributed by atoms with Crippen molar-refractivity contribution in [1.82, 2.24) is 5.32 Å². The molecular weight excluding hydrogens is 259 g/mol. The van der Waals surface area contributed by atoms with Crippen molar-refractivity contribution in [2.75, 3.05) is 23.7 Å². The van der Waals surface area contributed by atoms with Crippen LogP contribution in [0.3, 0.4) is 0 Å². The number of likely N-dealkylation sites (N-methyl/N-ethyl adjacent to an activating group) is 1. The Morgan fingerprint density at radius 1 is 1.44 bits per heavy atom. The first-order valence-corrected chi connectivity index (χ1v) is 7.19. The number of carbonyl (C=O) groups excluding carboxylic acids is 1. The van der Waals surface area contributed by atoms with Gasteiger partial charge < -0.3 is 5.32 Å². The van der Waals surface area contributed by atoms with E-state index in [1.807, 2.05) is 0 Å². The van der Waals surface area contributed by atoms with E-state index in [4.69, 9.17) is 0 Å². The maximum absolute atomic E-state index is 13.1. The van der Waals surface area contributed by atoms with Crippen molar-refractivity contribution in [2.45, 2.75) is 6.92 Å². The highest BCUT2D eigenvalue weighted by Gasteiger charge is 2.20. The summed E-state index contributed by atoms with van der Waals surface area (Å²) in [6.07, 6.45) is 0.969. The molecule has 0 saturated carbocycles. The van der Waals surface area contributed by atoms with E-state index in [0.717, 1.165) is 16.6 Å². The third-order valence-corrected chi connectivity index (χ3v) is 3.30. The van der Waals surface area contributed by atoms with Crippen LogP contribution < -0.4 is 9.62 Å². The number of hydrogen-bond donors (Lipinski definition) is 1. The zero-order valence-corrected chi connectivity index (χ0v) is 11.0. The van der Waals surface area contributed by atoms with E-state index in [-0.39, 0.29) is 12.2 Å². The number of carbonyl (C=O) groups is 1. The van der Waals surface area contributed by atoms with E-state index in [1.54, 1.807) is 6.92 Å². The van der Waals surface area contributed by atoms with Crippen LogP contribution in [0.2, 0.25) is 0 Å². The van der Waals surface area contributed by atoms with Gasteiger partial charge in [0.2, 0.25) is 15.9 Å². The van der Waals surface area contributed by atoms with E-state index in [2.05, 4.69) is 5.32 Å². The summed E-state index contributed by atoms with van der Waals surface area (Å²) in [7, 11) is -3.64. The lowest BCUT2D eigenvalue weighted by Crippen LogP contribution is -2.40. The number of rotatable bonds is 5. The molecule has 1 rings (SSSR count). The molecule has 0 aromatic heterocycles. The highest BCUT2D eigenvalue weighted by Crippen LogP contribution is 2.18. The van der Waals surface area contributed by atoms with Crippen LogP contribution in [0.5, 0.6) is 0 Å². The first kappa shape index (κ1) is 14.4. The van der Waals surface area contributed by atoms with Gasteiger partial charge in [0.1, 0.15) is 12.4 Å². The molecule has 0 atom stereocenters. The molecular formula is C11H15FN2O3S. The number of nitrogens with zero attached hydrogens (tertiary/aromatic N) is 1. The molecule has 0 aliphatic rings. The first-order chi connectivity index (χ1) is 8.34. The molecule has 0 spiro atoms. The SMILES string of the molecule is CCNC(=O)CN(c1cccc(F)c1)S(C)(=O)=O. The van der Waals surface area contributed by atoms with Crippen LogP contribution in [0.25, 0.3) is 0 Å². The lowest BCUT2D eigenvalue weighted by molar-refractivity contribution is -0.119. The summed E-state index contributed by atoms with van der Waals surface area (Å²) in [6, 6.07) is 5.10. The van der Waals surface area contributed by atoms with Crippen LogP contribution in [0, 0.1) is 5.82 Å². The summed E-state index contributed by atoms with van der Waals surface area (Å²) in [5, 5.41) is 2.49. The molecule has 0 unspecified atom stereocenters. The van der Waals surface area contributed by atoms with E-state index >= 15 is 0 Å². The fourth-order valence-electron chi connectivity index (χ4n) is 1.41. The van der Waals surface area contributed by atoms with Crippen molar-refractivity contribution >= 4 is 21.6 Å². The number of anilines is 1. The van der Waals surface area contributed by atoms with Gasteiger partial charge in [-0.25, -0.2) is 12.8 Å². The maximum atomic E-state index is 13.1. The molecule has 0 aliphatic carbocycles. The number of hydrogen-bond acceptors (Lipinski definition) is 3. The third-order valence-electron chi connectivity index (χ3n) is 2.16. The minimum Gasteiger partial charge on any atom is -0.355 e. The molecule has 7 heteroatoms. The molecule has 0 fully saturated rings. The van der Waals surface area contributed by atoms with Crippen molar-refractivity contribution in [3.05, 3.63) is 30.1 Å². The van der Waals surface area contributed by atoms with Gasteiger partial charge in [-0.3, -0.25) is 9.10 Å². The molecule has 18 heavy (non-hydrogen) atoms. The second-order valence-electron chi connectivity index (χ2n) is 3.70. The zero-order chi connectivity index (χ0) is 13.8. The molecule has 0 heterocycles. The summed E-state index contributed by atoms with van der Waals surface area (Å²) in [5.74, 6) is -0.996. The molecule has 1 amide bonds. The summed E-state index contributed by atoms with van der Waals surface area (Å²) in [6.45, 7) is 1.76. The smallest absolute Gasteiger partial charge is 0.240 e. The van der Waals surface area contributed by atoms with Gasteiger partial charge in [-0.1, -0.05) is 6.07 Å². The Kier molecular flexibility index (Phi) is 4.66. The lowest BCUT2D eigenvalue weighted by Gasteiger charge is -2.21. The van der Waals surface area contributed by atoms with Gasteiger partial charge in [-0.2, -0.15) is 0 Å². The topological polar surface area (TPSA) is 66.5 Å². The van der Waals surface area contributed by atoms with Crippen molar-refractivity contribution in [3.8, 4) is 0 Å². The minimum atomic E-state index is -3.64. The van der Waals surface area contributed by atoms with E-state index in [9.17, 15) is 17.6 Å². The van der Waals surface area contributed by atoms with Crippen LogP contribution >= 0.6 is 0 Å². The number of halogens is 1. The summed E-state index contributed by atoms with van der Waals surface area (Å²) < 4.78 is 37.2. The fraction of sp³-hybridized carbons (Fsp3) is 0.364. The van der Waals surface area contributed by atoms with Crippen molar-refractivity contribution in [1.29, 1.82) is 0 Å². The Bertz CT molecular complexity index is 531. The normalized spacial score (nSPS) is 11.1. The summed E-state index contributed by atoms with van der Waals surface area (Å²) in [4.78, 5) is 11.4. The molecule has 1 aromatic rings. The highest BCUT2D eigenvalue weighted by atomic mass is 32.2. The van der Waals surface area contributed by atoms with Crippen LogP contribution in [-0.2, 0) is 14.8 Å².